The summed E-state index contributed by atoms with van der Waals surface area (Å²) in [5, 5.41) is 4.06. The maximum atomic E-state index is 6.28. The highest BCUT2D eigenvalue weighted by molar-refractivity contribution is 14.1. The molecule has 0 unspecified atom stereocenters. The van der Waals surface area contributed by atoms with E-state index in [0.717, 1.165) is 33.6 Å². The summed E-state index contributed by atoms with van der Waals surface area (Å²) >= 11 is 8.60. The van der Waals surface area contributed by atoms with Crippen LogP contribution in [0.1, 0.15) is 38.8 Å². The summed E-state index contributed by atoms with van der Waals surface area (Å²) in [6, 6.07) is 7.69. The first-order valence-corrected chi connectivity index (χ1v) is 8.56. The Balaban J connectivity index is 2.56. The molecule has 2 rings (SSSR count). The Hall–Kier alpha value is -0.880. The maximum absolute atomic E-state index is 6.28. The molecule has 1 heterocycles. The van der Waals surface area contributed by atoms with Crippen LogP contribution >= 0.6 is 34.2 Å². The van der Waals surface area contributed by atoms with Crippen molar-refractivity contribution >= 4 is 40.0 Å². The summed E-state index contributed by atoms with van der Waals surface area (Å²) in [6.07, 6.45) is 1.05. The molecule has 3 nitrogen and oxygen atoms in total. The molecule has 5 heteroatoms. The molecule has 0 aliphatic carbocycles. The first-order chi connectivity index (χ1) is 10.0. The Labute approximate surface area is 144 Å². The van der Waals surface area contributed by atoms with Crippen LogP contribution in [-0.2, 0) is 0 Å². The second kappa shape index (κ2) is 7.40. The van der Waals surface area contributed by atoms with E-state index in [1.54, 1.807) is 0 Å². The number of rotatable bonds is 5. The largest absolute Gasteiger partial charge is 0.369 e. The van der Waals surface area contributed by atoms with Crippen molar-refractivity contribution < 1.29 is 0 Å². The second-order valence-corrected chi connectivity index (χ2v) is 6.64. The van der Waals surface area contributed by atoms with E-state index in [1.807, 2.05) is 24.3 Å². The quantitative estimate of drug-likeness (QED) is 0.669. The third-order valence-corrected chi connectivity index (χ3v) is 4.47. The average Bonchev–Trinajstić information content (AvgIpc) is 2.46. The van der Waals surface area contributed by atoms with Crippen molar-refractivity contribution in [1.82, 2.24) is 9.97 Å². The highest BCUT2D eigenvalue weighted by Gasteiger charge is 2.16. The Morgan fingerprint density at radius 3 is 2.57 bits per heavy atom. The summed E-state index contributed by atoms with van der Waals surface area (Å²) in [5.41, 5.74) is 1.93. The molecule has 2 aromatic rings. The third kappa shape index (κ3) is 3.86. The van der Waals surface area contributed by atoms with Crippen molar-refractivity contribution in [3.05, 3.63) is 38.6 Å². The lowest BCUT2D eigenvalue weighted by atomic mass is 10.1. The molecule has 0 saturated heterocycles. The van der Waals surface area contributed by atoms with Gasteiger partial charge in [-0.2, -0.15) is 0 Å². The number of nitrogens with zero attached hydrogens (tertiary/aromatic N) is 2. The van der Waals surface area contributed by atoms with Crippen LogP contribution in [-0.4, -0.2) is 16.5 Å². The predicted molar refractivity (Wildman–Crippen MR) is 98.1 cm³/mol. The standard InChI is InChI=1S/C16H19ClIN3/c1-4-9-19-16-13(18)14(10(2)3)20-15(21-16)11-7-5-6-8-12(11)17/h5-8,10H,4,9H2,1-3H3,(H,19,20,21). The van der Waals surface area contributed by atoms with Gasteiger partial charge in [-0.1, -0.05) is 44.5 Å². The number of benzene rings is 1. The van der Waals surface area contributed by atoms with Crippen LogP contribution in [0.4, 0.5) is 5.82 Å². The van der Waals surface area contributed by atoms with Crippen molar-refractivity contribution in [2.24, 2.45) is 0 Å². The lowest BCUT2D eigenvalue weighted by Crippen LogP contribution is -2.10. The number of halogens is 2. The molecule has 21 heavy (non-hydrogen) atoms. The van der Waals surface area contributed by atoms with Crippen molar-refractivity contribution in [3.8, 4) is 11.4 Å². The van der Waals surface area contributed by atoms with E-state index < -0.39 is 0 Å². The van der Waals surface area contributed by atoms with Gasteiger partial charge >= 0.3 is 0 Å². The predicted octanol–water partition coefficient (Wildman–Crippen LogP) is 5.35. The molecule has 0 bridgehead atoms. The Morgan fingerprint density at radius 2 is 1.95 bits per heavy atom. The number of hydrogen-bond donors (Lipinski definition) is 1. The van der Waals surface area contributed by atoms with Gasteiger partial charge in [-0.05, 0) is 47.1 Å². The molecular formula is C16H19ClIN3. The van der Waals surface area contributed by atoms with Gasteiger partial charge in [0.1, 0.15) is 5.82 Å². The molecule has 0 atom stereocenters. The normalized spacial score (nSPS) is 11.0. The van der Waals surface area contributed by atoms with E-state index in [9.17, 15) is 0 Å². The molecule has 1 aromatic carbocycles. The van der Waals surface area contributed by atoms with Crippen LogP contribution in [0.15, 0.2) is 24.3 Å². The highest BCUT2D eigenvalue weighted by Crippen LogP contribution is 2.31. The summed E-state index contributed by atoms with van der Waals surface area (Å²) < 4.78 is 1.09. The van der Waals surface area contributed by atoms with Crippen molar-refractivity contribution in [3.63, 3.8) is 0 Å². The monoisotopic (exact) mass is 415 g/mol. The minimum absolute atomic E-state index is 0.336. The first-order valence-electron chi connectivity index (χ1n) is 7.10. The third-order valence-electron chi connectivity index (χ3n) is 3.08. The Kier molecular flexibility index (Phi) is 5.81. The van der Waals surface area contributed by atoms with Gasteiger partial charge in [0.15, 0.2) is 5.82 Å². The van der Waals surface area contributed by atoms with Crippen LogP contribution in [0.25, 0.3) is 11.4 Å². The van der Waals surface area contributed by atoms with Crippen LogP contribution in [0, 0.1) is 3.57 Å². The van der Waals surface area contributed by atoms with Gasteiger partial charge in [-0.25, -0.2) is 9.97 Å². The van der Waals surface area contributed by atoms with Gasteiger partial charge in [0.2, 0.25) is 0 Å². The van der Waals surface area contributed by atoms with E-state index in [-0.39, 0.29) is 0 Å². The van der Waals surface area contributed by atoms with Gasteiger partial charge < -0.3 is 5.32 Å². The van der Waals surface area contributed by atoms with Crippen LogP contribution in [0.3, 0.4) is 0 Å². The van der Waals surface area contributed by atoms with Crippen LogP contribution < -0.4 is 5.32 Å². The van der Waals surface area contributed by atoms with Gasteiger partial charge in [-0.15, -0.1) is 0 Å². The molecule has 0 spiro atoms. The maximum Gasteiger partial charge on any atom is 0.163 e. The first kappa shape index (κ1) is 16.5. The highest BCUT2D eigenvalue weighted by atomic mass is 127. The average molecular weight is 416 g/mol. The molecule has 1 N–H and O–H groups in total. The number of anilines is 1. The van der Waals surface area contributed by atoms with Gasteiger partial charge in [-0.3, -0.25) is 0 Å². The van der Waals surface area contributed by atoms with Gasteiger partial charge in [0, 0.05) is 12.1 Å². The second-order valence-electron chi connectivity index (χ2n) is 5.16. The van der Waals surface area contributed by atoms with Crippen molar-refractivity contribution in [1.29, 1.82) is 0 Å². The fourth-order valence-corrected chi connectivity index (χ4v) is 3.25. The smallest absolute Gasteiger partial charge is 0.163 e. The van der Waals surface area contributed by atoms with E-state index >= 15 is 0 Å². The van der Waals surface area contributed by atoms with Gasteiger partial charge in [0.25, 0.3) is 0 Å². The van der Waals surface area contributed by atoms with Crippen molar-refractivity contribution in [2.45, 2.75) is 33.1 Å². The Bertz CT molecular complexity index is 629. The minimum atomic E-state index is 0.336. The summed E-state index contributed by atoms with van der Waals surface area (Å²) in [5.74, 6) is 1.91. The van der Waals surface area contributed by atoms with E-state index in [4.69, 9.17) is 16.6 Å². The van der Waals surface area contributed by atoms with Crippen molar-refractivity contribution in [2.75, 3.05) is 11.9 Å². The molecule has 0 aliphatic rings. The topological polar surface area (TPSA) is 37.8 Å². The molecule has 0 aliphatic heterocycles. The fourth-order valence-electron chi connectivity index (χ4n) is 1.97. The van der Waals surface area contributed by atoms with E-state index in [2.05, 4.69) is 53.7 Å². The molecule has 0 saturated carbocycles. The number of nitrogens with one attached hydrogen (secondary N) is 1. The fraction of sp³-hybridized carbons (Fsp3) is 0.375. The molecule has 112 valence electrons. The molecule has 0 fully saturated rings. The van der Waals surface area contributed by atoms with E-state index in [1.165, 1.54) is 0 Å². The van der Waals surface area contributed by atoms with E-state index in [0.29, 0.717) is 16.8 Å². The lowest BCUT2D eigenvalue weighted by molar-refractivity contribution is 0.807. The number of hydrogen-bond acceptors (Lipinski definition) is 3. The minimum Gasteiger partial charge on any atom is -0.369 e. The molecule has 1 aromatic heterocycles. The molecule has 0 amide bonds. The van der Waals surface area contributed by atoms with Crippen LogP contribution in [0.5, 0.6) is 0 Å². The summed E-state index contributed by atoms with van der Waals surface area (Å²) in [4.78, 5) is 9.40. The molecule has 0 radical (unpaired) electrons. The zero-order chi connectivity index (χ0) is 15.4. The van der Waals surface area contributed by atoms with Gasteiger partial charge in [0.05, 0.1) is 14.3 Å². The lowest BCUT2D eigenvalue weighted by Gasteiger charge is -2.15. The zero-order valence-electron chi connectivity index (χ0n) is 12.5. The molecular weight excluding hydrogens is 397 g/mol. The zero-order valence-corrected chi connectivity index (χ0v) is 15.4. The summed E-state index contributed by atoms with van der Waals surface area (Å²) in [7, 11) is 0. The Morgan fingerprint density at radius 1 is 1.24 bits per heavy atom. The number of aromatic nitrogens is 2. The summed E-state index contributed by atoms with van der Waals surface area (Å²) in [6.45, 7) is 7.32. The SMILES string of the molecule is CCCNc1nc(-c2ccccc2Cl)nc(C(C)C)c1I. The van der Waals surface area contributed by atoms with Crippen LogP contribution in [0.2, 0.25) is 5.02 Å².